The van der Waals surface area contributed by atoms with Crippen LogP contribution in [0.5, 0.6) is 0 Å². The molecule has 1 aromatic heterocycles. The van der Waals surface area contributed by atoms with Crippen molar-refractivity contribution in [1.29, 1.82) is 0 Å². The van der Waals surface area contributed by atoms with Crippen LogP contribution in [-0.2, 0) is 22.5 Å². The van der Waals surface area contributed by atoms with Crippen molar-refractivity contribution in [3.63, 3.8) is 0 Å². The van der Waals surface area contributed by atoms with Crippen LogP contribution in [0.3, 0.4) is 0 Å². The Hall–Kier alpha value is -2.93. The molecule has 7 heteroatoms. The molecule has 0 amide bonds. The van der Waals surface area contributed by atoms with Gasteiger partial charge in [-0.15, -0.1) is 0 Å². The van der Waals surface area contributed by atoms with Crippen molar-refractivity contribution in [3.05, 3.63) is 70.0 Å². The van der Waals surface area contributed by atoms with Gasteiger partial charge in [-0.3, -0.25) is 19.0 Å². The van der Waals surface area contributed by atoms with Gasteiger partial charge in [0, 0.05) is 5.56 Å². The largest absolute Gasteiger partial charge is 0.468 e. The van der Waals surface area contributed by atoms with Crippen molar-refractivity contribution >= 4 is 34.4 Å². The predicted octanol–water partition coefficient (Wildman–Crippen LogP) is 3.89. The summed E-state index contributed by atoms with van der Waals surface area (Å²) in [5.41, 5.74) is 2.02. The number of fused-ring (bicyclic) bond motifs is 1. The number of rotatable bonds is 9. The Labute approximate surface area is 179 Å². The first-order valence-corrected chi connectivity index (χ1v) is 10.8. The number of hydrogen-bond acceptors (Lipinski definition) is 6. The number of carbonyl (C=O) groups excluding carboxylic acids is 2. The van der Waals surface area contributed by atoms with Crippen molar-refractivity contribution in [2.75, 3.05) is 12.9 Å². The fourth-order valence-corrected chi connectivity index (χ4v) is 3.94. The van der Waals surface area contributed by atoms with Crippen LogP contribution in [0.25, 0.3) is 10.9 Å². The number of nitrogens with zero attached hydrogens (tertiary/aromatic N) is 2. The molecule has 0 aliphatic heterocycles. The second kappa shape index (κ2) is 10.2. The molecule has 0 unspecified atom stereocenters. The Balaban J connectivity index is 1.82. The number of ketones is 1. The Morgan fingerprint density at radius 2 is 1.83 bits per heavy atom. The molecule has 0 aliphatic rings. The first-order chi connectivity index (χ1) is 14.5. The third-order valence-electron chi connectivity index (χ3n) is 4.77. The van der Waals surface area contributed by atoms with Crippen molar-refractivity contribution in [3.8, 4) is 0 Å². The summed E-state index contributed by atoms with van der Waals surface area (Å²) in [6.07, 6.45) is 3.25. The fraction of sp³-hybridized carbons (Fsp3) is 0.304. The average molecular weight is 425 g/mol. The molecular formula is C23H24N2O4S. The molecule has 2 aromatic carbocycles. The van der Waals surface area contributed by atoms with Crippen molar-refractivity contribution < 1.29 is 14.3 Å². The summed E-state index contributed by atoms with van der Waals surface area (Å²) in [6.45, 7) is 1.89. The van der Waals surface area contributed by atoms with Crippen LogP contribution in [-0.4, -0.2) is 34.2 Å². The molecule has 3 aromatic rings. The van der Waals surface area contributed by atoms with Crippen LogP contribution in [0.4, 0.5) is 0 Å². The molecule has 0 bridgehead atoms. The van der Waals surface area contributed by atoms with E-state index in [0.29, 0.717) is 21.6 Å². The van der Waals surface area contributed by atoms with Crippen LogP contribution >= 0.6 is 11.8 Å². The van der Waals surface area contributed by atoms with E-state index in [0.717, 1.165) is 31.0 Å². The quantitative estimate of drug-likeness (QED) is 0.224. The minimum atomic E-state index is -0.551. The summed E-state index contributed by atoms with van der Waals surface area (Å²) in [5.74, 6) is -0.501. The van der Waals surface area contributed by atoms with Gasteiger partial charge in [-0.1, -0.05) is 61.5 Å². The number of para-hydroxylation sites is 1. The molecule has 0 radical (unpaired) electrons. The number of thioether (sulfide) groups is 1. The van der Waals surface area contributed by atoms with Crippen LogP contribution in [0.2, 0.25) is 0 Å². The normalized spacial score (nSPS) is 10.9. The van der Waals surface area contributed by atoms with Crippen molar-refractivity contribution in [2.45, 2.75) is 37.9 Å². The fourth-order valence-electron chi connectivity index (χ4n) is 3.04. The number of esters is 1. The lowest BCUT2D eigenvalue weighted by molar-refractivity contribution is -0.141. The Kier molecular flexibility index (Phi) is 7.41. The van der Waals surface area contributed by atoms with E-state index in [2.05, 4.69) is 11.9 Å². The molecule has 0 spiro atoms. The van der Waals surface area contributed by atoms with E-state index in [1.807, 2.05) is 24.3 Å². The molecule has 1 heterocycles. The Bertz CT molecular complexity index is 1110. The summed E-state index contributed by atoms with van der Waals surface area (Å²) in [4.78, 5) is 41.8. The molecular weight excluding hydrogens is 400 g/mol. The molecule has 0 saturated heterocycles. The number of Topliss-reactive ketones (excluding diaryl/α,β-unsaturated/α-hetero) is 1. The third kappa shape index (κ3) is 5.16. The highest BCUT2D eigenvalue weighted by Crippen LogP contribution is 2.20. The molecule has 0 fully saturated rings. The number of benzene rings is 2. The molecule has 0 saturated carbocycles. The van der Waals surface area contributed by atoms with Gasteiger partial charge in [0.05, 0.1) is 23.8 Å². The van der Waals surface area contributed by atoms with E-state index in [4.69, 9.17) is 4.74 Å². The monoisotopic (exact) mass is 424 g/mol. The molecule has 6 nitrogen and oxygen atoms in total. The number of ether oxygens (including phenoxy) is 1. The van der Waals surface area contributed by atoms with E-state index in [1.54, 1.807) is 24.3 Å². The van der Waals surface area contributed by atoms with Gasteiger partial charge in [0.2, 0.25) is 0 Å². The number of methoxy groups -OCH3 is 1. The standard InChI is InChI=1S/C23H24N2O4S/c1-3-4-7-16-10-12-17(13-11-16)20(26)15-30-23-24-19-9-6-5-8-18(19)22(28)25(23)14-21(27)29-2/h5-6,8-13H,3-4,7,14-15H2,1-2H3. The zero-order valence-corrected chi connectivity index (χ0v) is 17.9. The minimum absolute atomic E-state index is 0.0610. The zero-order chi connectivity index (χ0) is 21.5. The molecule has 3 rings (SSSR count). The maximum absolute atomic E-state index is 12.9. The van der Waals surface area contributed by atoms with Gasteiger partial charge >= 0.3 is 5.97 Å². The summed E-state index contributed by atoms with van der Waals surface area (Å²) >= 11 is 1.14. The van der Waals surface area contributed by atoms with Gasteiger partial charge in [-0.2, -0.15) is 0 Å². The molecule has 156 valence electrons. The van der Waals surface area contributed by atoms with E-state index in [-0.39, 0.29) is 23.6 Å². The van der Waals surface area contributed by atoms with Gasteiger partial charge in [0.15, 0.2) is 10.9 Å². The van der Waals surface area contributed by atoms with Gasteiger partial charge in [0.1, 0.15) is 6.54 Å². The maximum atomic E-state index is 12.9. The highest BCUT2D eigenvalue weighted by molar-refractivity contribution is 7.99. The van der Waals surface area contributed by atoms with Crippen LogP contribution in [0, 0.1) is 0 Å². The Morgan fingerprint density at radius 3 is 2.53 bits per heavy atom. The molecule has 0 N–H and O–H groups in total. The van der Waals surface area contributed by atoms with Crippen molar-refractivity contribution in [1.82, 2.24) is 9.55 Å². The number of carbonyl (C=O) groups is 2. The average Bonchev–Trinajstić information content (AvgIpc) is 2.78. The highest BCUT2D eigenvalue weighted by Gasteiger charge is 2.16. The maximum Gasteiger partial charge on any atom is 0.325 e. The summed E-state index contributed by atoms with van der Waals surface area (Å²) in [6, 6.07) is 14.6. The lowest BCUT2D eigenvalue weighted by Gasteiger charge is -2.12. The minimum Gasteiger partial charge on any atom is -0.468 e. The van der Waals surface area contributed by atoms with Gasteiger partial charge in [-0.05, 0) is 30.5 Å². The van der Waals surface area contributed by atoms with Crippen molar-refractivity contribution in [2.24, 2.45) is 0 Å². The second-order valence-corrected chi connectivity index (χ2v) is 7.83. The van der Waals surface area contributed by atoms with Crippen LogP contribution in [0.15, 0.2) is 58.5 Å². The summed E-state index contributed by atoms with van der Waals surface area (Å²) < 4.78 is 5.97. The van der Waals surface area contributed by atoms with E-state index >= 15 is 0 Å². The van der Waals surface area contributed by atoms with E-state index < -0.39 is 5.97 Å². The van der Waals surface area contributed by atoms with Gasteiger partial charge in [-0.25, -0.2) is 4.98 Å². The predicted molar refractivity (Wildman–Crippen MR) is 118 cm³/mol. The summed E-state index contributed by atoms with van der Waals surface area (Å²) in [5, 5.41) is 0.733. The van der Waals surface area contributed by atoms with Gasteiger partial charge in [0.25, 0.3) is 5.56 Å². The molecule has 0 atom stereocenters. The van der Waals surface area contributed by atoms with Crippen LogP contribution < -0.4 is 5.56 Å². The van der Waals surface area contributed by atoms with Gasteiger partial charge < -0.3 is 4.74 Å². The highest BCUT2D eigenvalue weighted by atomic mass is 32.2. The van der Waals surface area contributed by atoms with Crippen LogP contribution in [0.1, 0.15) is 35.7 Å². The number of aromatic nitrogens is 2. The number of hydrogen-bond donors (Lipinski definition) is 0. The lowest BCUT2D eigenvalue weighted by Crippen LogP contribution is -2.27. The number of unbranched alkanes of at least 4 members (excludes halogenated alkanes) is 1. The third-order valence-corrected chi connectivity index (χ3v) is 5.75. The van der Waals surface area contributed by atoms with E-state index in [9.17, 15) is 14.4 Å². The first kappa shape index (κ1) is 21.8. The SMILES string of the molecule is CCCCc1ccc(C(=O)CSc2nc3ccccc3c(=O)n2CC(=O)OC)cc1. The lowest BCUT2D eigenvalue weighted by atomic mass is 10.1. The topological polar surface area (TPSA) is 78.3 Å². The number of aryl methyl sites for hydroxylation is 1. The molecule has 0 aliphatic carbocycles. The smallest absolute Gasteiger partial charge is 0.325 e. The zero-order valence-electron chi connectivity index (χ0n) is 17.1. The second-order valence-electron chi connectivity index (χ2n) is 6.89. The molecule has 30 heavy (non-hydrogen) atoms. The first-order valence-electron chi connectivity index (χ1n) is 9.84. The summed E-state index contributed by atoms with van der Waals surface area (Å²) in [7, 11) is 1.27. The Morgan fingerprint density at radius 1 is 1.10 bits per heavy atom. The van der Waals surface area contributed by atoms with E-state index in [1.165, 1.54) is 17.2 Å².